The van der Waals surface area contributed by atoms with Crippen LogP contribution >= 0.6 is 0 Å². The zero-order valence-electron chi connectivity index (χ0n) is 5.75. The standard InChI is InChI=1S/C8H9N2/c1-2-4-8-7(3-1)5-9-6-10-8/h3,5-6H,1-2,4H2. The monoisotopic (exact) mass is 133 g/mol. The van der Waals surface area contributed by atoms with Crippen LogP contribution in [-0.4, -0.2) is 9.97 Å². The van der Waals surface area contributed by atoms with Crippen molar-refractivity contribution in [1.29, 1.82) is 0 Å². The van der Waals surface area contributed by atoms with E-state index in [1.165, 1.54) is 24.1 Å². The highest BCUT2D eigenvalue weighted by molar-refractivity contribution is 5.26. The Morgan fingerprint density at radius 3 is 3.30 bits per heavy atom. The molecule has 0 atom stereocenters. The molecule has 2 rings (SSSR count). The van der Waals surface area contributed by atoms with Crippen molar-refractivity contribution in [3.05, 3.63) is 30.2 Å². The van der Waals surface area contributed by atoms with Crippen molar-refractivity contribution in [2.75, 3.05) is 0 Å². The lowest BCUT2D eigenvalue weighted by molar-refractivity contribution is 0.743. The van der Waals surface area contributed by atoms with Gasteiger partial charge in [0.1, 0.15) is 6.33 Å². The maximum Gasteiger partial charge on any atom is 0.115 e. The highest BCUT2D eigenvalue weighted by Crippen LogP contribution is 2.18. The van der Waals surface area contributed by atoms with Crippen molar-refractivity contribution in [3.8, 4) is 0 Å². The molecule has 2 heteroatoms. The molecule has 1 aromatic rings. The number of aryl methyl sites for hydroxylation is 1. The molecule has 0 saturated heterocycles. The SMILES string of the molecule is [CH]1CCCc2ncncc21. The second kappa shape index (κ2) is 2.37. The van der Waals surface area contributed by atoms with Gasteiger partial charge >= 0.3 is 0 Å². The summed E-state index contributed by atoms with van der Waals surface area (Å²) in [6.07, 6.45) is 9.26. The number of aromatic nitrogens is 2. The molecule has 0 amide bonds. The fourth-order valence-electron chi connectivity index (χ4n) is 1.27. The molecule has 1 heterocycles. The Kier molecular flexibility index (Phi) is 1.38. The van der Waals surface area contributed by atoms with Crippen LogP contribution in [0.5, 0.6) is 0 Å². The molecule has 0 aliphatic heterocycles. The van der Waals surface area contributed by atoms with E-state index < -0.39 is 0 Å². The van der Waals surface area contributed by atoms with E-state index in [-0.39, 0.29) is 0 Å². The number of rotatable bonds is 0. The van der Waals surface area contributed by atoms with Crippen LogP contribution in [0, 0.1) is 6.42 Å². The molecule has 0 spiro atoms. The molecule has 0 aromatic carbocycles. The van der Waals surface area contributed by atoms with Gasteiger partial charge in [-0.05, 0) is 31.2 Å². The van der Waals surface area contributed by atoms with Gasteiger partial charge in [0.05, 0.1) is 0 Å². The predicted octanol–water partition coefficient (Wildman–Crippen LogP) is 1.37. The van der Waals surface area contributed by atoms with E-state index in [9.17, 15) is 0 Å². The van der Waals surface area contributed by atoms with E-state index in [0.29, 0.717) is 0 Å². The quantitative estimate of drug-likeness (QED) is 0.534. The fraction of sp³-hybridized carbons (Fsp3) is 0.375. The minimum Gasteiger partial charge on any atom is -0.245 e. The number of nitrogens with zero attached hydrogens (tertiary/aromatic N) is 2. The van der Waals surface area contributed by atoms with Crippen LogP contribution in [0.4, 0.5) is 0 Å². The van der Waals surface area contributed by atoms with Crippen molar-refractivity contribution in [2.45, 2.75) is 19.3 Å². The summed E-state index contributed by atoms with van der Waals surface area (Å²) in [4.78, 5) is 8.13. The topological polar surface area (TPSA) is 25.8 Å². The summed E-state index contributed by atoms with van der Waals surface area (Å²) in [6, 6.07) is 0. The van der Waals surface area contributed by atoms with Crippen LogP contribution < -0.4 is 0 Å². The lowest BCUT2D eigenvalue weighted by Crippen LogP contribution is -2.03. The van der Waals surface area contributed by atoms with Gasteiger partial charge in [0.2, 0.25) is 0 Å². The van der Waals surface area contributed by atoms with Crippen molar-refractivity contribution in [2.24, 2.45) is 0 Å². The van der Waals surface area contributed by atoms with Crippen molar-refractivity contribution < 1.29 is 0 Å². The number of hydrogen-bond donors (Lipinski definition) is 0. The van der Waals surface area contributed by atoms with Crippen LogP contribution in [0.25, 0.3) is 0 Å². The van der Waals surface area contributed by atoms with Crippen LogP contribution in [0.2, 0.25) is 0 Å². The molecule has 0 N–H and O–H groups in total. The first kappa shape index (κ1) is 5.83. The van der Waals surface area contributed by atoms with Gasteiger partial charge in [-0.3, -0.25) is 0 Å². The molecule has 0 saturated carbocycles. The Bertz CT molecular complexity index is 207. The average Bonchev–Trinajstić information content (AvgIpc) is 2.05. The van der Waals surface area contributed by atoms with E-state index in [4.69, 9.17) is 0 Å². The molecule has 10 heavy (non-hydrogen) atoms. The third-order valence-corrected chi connectivity index (χ3v) is 1.81. The zero-order chi connectivity index (χ0) is 6.81. The molecule has 1 radical (unpaired) electrons. The molecule has 0 bridgehead atoms. The Balaban J connectivity index is 2.41. The molecule has 1 aliphatic rings. The summed E-state index contributed by atoms with van der Waals surface area (Å²) in [5.74, 6) is 0. The van der Waals surface area contributed by atoms with Gasteiger partial charge in [-0.1, -0.05) is 0 Å². The van der Waals surface area contributed by atoms with E-state index in [1.807, 2.05) is 6.20 Å². The molecule has 1 aromatic heterocycles. The first-order valence-corrected chi connectivity index (χ1v) is 3.59. The van der Waals surface area contributed by atoms with Crippen LogP contribution in [0.3, 0.4) is 0 Å². The molecule has 51 valence electrons. The predicted molar refractivity (Wildman–Crippen MR) is 38.4 cm³/mol. The summed E-state index contributed by atoms with van der Waals surface area (Å²) in [5.41, 5.74) is 2.44. The van der Waals surface area contributed by atoms with E-state index in [2.05, 4.69) is 16.4 Å². The summed E-state index contributed by atoms with van der Waals surface area (Å²) in [7, 11) is 0. The second-order valence-corrected chi connectivity index (χ2v) is 2.52. The number of fused-ring (bicyclic) bond motifs is 1. The van der Waals surface area contributed by atoms with Crippen LogP contribution in [0.1, 0.15) is 24.1 Å². The highest BCUT2D eigenvalue weighted by atomic mass is 14.8. The largest absolute Gasteiger partial charge is 0.245 e. The minimum absolute atomic E-state index is 1.12. The van der Waals surface area contributed by atoms with E-state index >= 15 is 0 Å². The van der Waals surface area contributed by atoms with Gasteiger partial charge in [0.15, 0.2) is 0 Å². The van der Waals surface area contributed by atoms with Gasteiger partial charge in [0.25, 0.3) is 0 Å². The zero-order valence-corrected chi connectivity index (χ0v) is 5.75. The van der Waals surface area contributed by atoms with Gasteiger partial charge in [-0.15, -0.1) is 0 Å². The van der Waals surface area contributed by atoms with Crippen molar-refractivity contribution >= 4 is 0 Å². The molecular weight excluding hydrogens is 124 g/mol. The summed E-state index contributed by atoms with van der Waals surface area (Å²) >= 11 is 0. The Hall–Kier alpha value is -0.920. The van der Waals surface area contributed by atoms with Crippen molar-refractivity contribution in [3.63, 3.8) is 0 Å². The molecular formula is C8H9N2. The lowest BCUT2D eigenvalue weighted by atomic mass is 9.98. The molecule has 0 fully saturated rings. The lowest BCUT2D eigenvalue weighted by Gasteiger charge is -2.11. The molecule has 0 unspecified atom stereocenters. The first-order chi connectivity index (χ1) is 4.97. The second-order valence-electron chi connectivity index (χ2n) is 2.52. The van der Waals surface area contributed by atoms with Crippen molar-refractivity contribution in [1.82, 2.24) is 9.97 Å². The number of hydrogen-bond acceptors (Lipinski definition) is 2. The first-order valence-electron chi connectivity index (χ1n) is 3.59. The Morgan fingerprint density at radius 2 is 2.40 bits per heavy atom. The maximum atomic E-state index is 4.18. The van der Waals surface area contributed by atoms with Gasteiger partial charge in [-0.2, -0.15) is 0 Å². The third-order valence-electron chi connectivity index (χ3n) is 1.81. The van der Waals surface area contributed by atoms with E-state index in [0.717, 1.165) is 6.42 Å². The minimum atomic E-state index is 1.12. The van der Waals surface area contributed by atoms with Gasteiger partial charge < -0.3 is 0 Å². The maximum absolute atomic E-state index is 4.18. The van der Waals surface area contributed by atoms with Gasteiger partial charge in [0, 0.05) is 11.9 Å². The summed E-state index contributed by atoms with van der Waals surface area (Å²) in [6.45, 7) is 0. The smallest absolute Gasteiger partial charge is 0.115 e. The van der Waals surface area contributed by atoms with Gasteiger partial charge in [-0.25, -0.2) is 9.97 Å². The van der Waals surface area contributed by atoms with Crippen LogP contribution in [0.15, 0.2) is 12.5 Å². The average molecular weight is 133 g/mol. The van der Waals surface area contributed by atoms with Crippen LogP contribution in [-0.2, 0) is 6.42 Å². The summed E-state index contributed by atoms with van der Waals surface area (Å²) < 4.78 is 0. The normalized spacial score (nSPS) is 16.4. The van der Waals surface area contributed by atoms with E-state index in [1.54, 1.807) is 6.33 Å². The Morgan fingerprint density at radius 1 is 1.40 bits per heavy atom. The highest BCUT2D eigenvalue weighted by Gasteiger charge is 2.08. The Labute approximate surface area is 60.3 Å². The summed E-state index contributed by atoms with van der Waals surface area (Å²) in [5, 5.41) is 0. The fourth-order valence-corrected chi connectivity index (χ4v) is 1.27. The molecule has 1 aliphatic carbocycles. The molecule has 2 nitrogen and oxygen atoms in total. The third kappa shape index (κ3) is 0.897.